The first-order valence-electron chi connectivity index (χ1n) is 20.0. The van der Waals surface area contributed by atoms with Crippen molar-refractivity contribution in [2.24, 2.45) is 0 Å². The second-order valence-electron chi connectivity index (χ2n) is 15.2. The van der Waals surface area contributed by atoms with Crippen LogP contribution >= 0.6 is 0 Å². The predicted molar refractivity (Wildman–Crippen MR) is 217 cm³/mol. The molecule has 1 saturated carbocycles. The lowest BCUT2D eigenvalue weighted by molar-refractivity contribution is -0.136. The van der Waals surface area contributed by atoms with E-state index in [1.54, 1.807) is 25.3 Å². The number of anilines is 3. The maximum Gasteiger partial charge on any atom is 0.264 e. The first-order valence-corrected chi connectivity index (χ1v) is 20.0. The number of H-pyrrole nitrogens is 1. The number of aromatic nitrogens is 6. The average Bonchev–Trinajstić information content (AvgIpc) is 3.67. The summed E-state index contributed by atoms with van der Waals surface area (Å²) in [6.45, 7) is 7.66. The highest BCUT2D eigenvalue weighted by Crippen LogP contribution is 2.43. The molecule has 6 heterocycles. The summed E-state index contributed by atoms with van der Waals surface area (Å²) in [6.07, 6.45) is 3.85. The minimum Gasteiger partial charge on any atom is -0.496 e. The molecule has 1 saturated heterocycles. The van der Waals surface area contributed by atoms with Crippen LogP contribution < -0.4 is 20.7 Å². The van der Waals surface area contributed by atoms with E-state index in [9.17, 15) is 19.2 Å². The Kier molecular flexibility index (Phi) is 9.82. The molecule has 1 unspecified atom stereocenters. The predicted octanol–water partition coefficient (Wildman–Crippen LogP) is 6.04. The van der Waals surface area contributed by atoms with E-state index in [4.69, 9.17) is 29.1 Å². The Hall–Kier alpha value is -6.62. The van der Waals surface area contributed by atoms with Gasteiger partial charge in [-0.25, -0.2) is 14.6 Å². The zero-order valence-corrected chi connectivity index (χ0v) is 33.2. The number of hydrogen-bond donors (Lipinski definition) is 4. The Balaban J connectivity index is 0.903. The van der Waals surface area contributed by atoms with Crippen LogP contribution in [0.4, 0.5) is 17.3 Å². The van der Waals surface area contributed by atoms with Gasteiger partial charge in [0.15, 0.2) is 5.82 Å². The maximum absolute atomic E-state index is 13.4. The van der Waals surface area contributed by atoms with E-state index in [0.717, 1.165) is 62.4 Å². The second kappa shape index (κ2) is 15.3. The molecular weight excluding hydrogens is 757 g/mol. The Morgan fingerprint density at radius 1 is 0.983 bits per heavy atom. The molecule has 9 rings (SSSR count). The third-order valence-electron chi connectivity index (χ3n) is 11.2. The quantitative estimate of drug-likeness (QED) is 0.0690. The van der Waals surface area contributed by atoms with Gasteiger partial charge in [-0.05, 0) is 77.1 Å². The molecule has 304 valence electrons. The van der Waals surface area contributed by atoms with Crippen molar-refractivity contribution in [3.05, 3.63) is 70.5 Å². The third kappa shape index (κ3) is 6.94. The number of amides is 4. The van der Waals surface area contributed by atoms with E-state index >= 15 is 0 Å². The topological polar surface area (TPSA) is 211 Å². The Labute approximate surface area is 338 Å². The smallest absolute Gasteiger partial charge is 0.264 e. The number of piperidine rings is 1. The fourth-order valence-corrected chi connectivity index (χ4v) is 8.11. The van der Waals surface area contributed by atoms with Gasteiger partial charge in [0.1, 0.15) is 41.4 Å². The highest BCUT2D eigenvalue weighted by Gasteiger charge is 2.45. The number of fused-ring (bicyclic) bond motifs is 4. The van der Waals surface area contributed by atoms with Gasteiger partial charge in [0.25, 0.3) is 11.8 Å². The van der Waals surface area contributed by atoms with E-state index < -0.39 is 29.7 Å². The Bertz CT molecular complexity index is 2660. The summed E-state index contributed by atoms with van der Waals surface area (Å²) in [5, 5.41) is 19.8. The van der Waals surface area contributed by atoms with Gasteiger partial charge in [0.05, 0.1) is 40.6 Å². The minimum absolute atomic E-state index is 0.0624. The van der Waals surface area contributed by atoms with Gasteiger partial charge in [0, 0.05) is 60.3 Å². The van der Waals surface area contributed by atoms with Crippen molar-refractivity contribution < 1.29 is 33.2 Å². The van der Waals surface area contributed by atoms with Crippen LogP contribution in [0, 0.1) is 13.8 Å². The monoisotopic (exact) mass is 800 g/mol. The number of rotatable bonds is 15. The fourth-order valence-electron chi connectivity index (χ4n) is 8.11. The van der Waals surface area contributed by atoms with Gasteiger partial charge in [-0.3, -0.25) is 29.4 Å². The molecule has 1 aliphatic carbocycles. The number of nitrogens with zero attached hydrogens (tertiary/aromatic N) is 6. The number of benzene rings is 2. The van der Waals surface area contributed by atoms with Crippen molar-refractivity contribution in [1.82, 2.24) is 40.1 Å². The van der Waals surface area contributed by atoms with Crippen molar-refractivity contribution in [2.75, 3.05) is 30.9 Å². The first kappa shape index (κ1) is 37.9. The summed E-state index contributed by atoms with van der Waals surface area (Å²) in [4.78, 5) is 65.2. The average molecular weight is 801 g/mol. The maximum atomic E-state index is 13.4. The molecule has 17 heteroatoms. The summed E-state index contributed by atoms with van der Waals surface area (Å²) in [6, 6.07) is 10.1. The SMILES string of the molecule is CCn1nc(C2CC2)cc1Nc1nc(COCCCCNc2cccc3c2C(=O)N(C2CCC(=O)NC2=O)C3=O)nc2[nH]c3cc(-c4c(C)noc4C)c(OC)cc3c12. The molecule has 4 aromatic heterocycles. The molecule has 2 fully saturated rings. The van der Waals surface area contributed by atoms with Gasteiger partial charge in [0.2, 0.25) is 11.8 Å². The number of nitrogens with one attached hydrogen (secondary N) is 4. The van der Waals surface area contributed by atoms with Crippen LogP contribution in [0.3, 0.4) is 0 Å². The fraction of sp³-hybridized carbons (Fsp3) is 0.381. The molecule has 6 aromatic rings. The number of aryl methyl sites for hydroxylation is 3. The molecule has 0 radical (unpaired) electrons. The molecule has 2 aromatic carbocycles. The van der Waals surface area contributed by atoms with E-state index in [1.165, 1.54) is 0 Å². The number of aromatic amines is 1. The largest absolute Gasteiger partial charge is 0.496 e. The van der Waals surface area contributed by atoms with Crippen LogP contribution in [-0.4, -0.2) is 84.7 Å². The van der Waals surface area contributed by atoms with Gasteiger partial charge < -0.3 is 29.6 Å². The number of methoxy groups -OCH3 is 1. The zero-order chi connectivity index (χ0) is 40.9. The van der Waals surface area contributed by atoms with Crippen LogP contribution in [0.2, 0.25) is 0 Å². The normalized spacial score (nSPS) is 16.7. The summed E-state index contributed by atoms with van der Waals surface area (Å²) in [5.41, 5.74) is 6.04. The van der Waals surface area contributed by atoms with Crippen LogP contribution in [-0.2, 0) is 27.5 Å². The van der Waals surface area contributed by atoms with E-state index in [0.29, 0.717) is 72.9 Å². The van der Waals surface area contributed by atoms with Crippen LogP contribution in [0.5, 0.6) is 5.75 Å². The van der Waals surface area contributed by atoms with Crippen molar-refractivity contribution >= 4 is 62.9 Å². The molecule has 1 atom stereocenters. The summed E-state index contributed by atoms with van der Waals surface area (Å²) >= 11 is 0. The summed E-state index contributed by atoms with van der Waals surface area (Å²) < 4.78 is 19.5. The Morgan fingerprint density at radius 2 is 1.83 bits per heavy atom. The number of unbranched alkanes of at least 4 members (excludes halogenated alkanes) is 1. The number of carbonyl (C=O) groups is 4. The van der Waals surface area contributed by atoms with Crippen molar-refractivity contribution in [3.8, 4) is 16.9 Å². The lowest BCUT2D eigenvalue weighted by Gasteiger charge is -2.27. The number of ether oxygens (including phenoxy) is 2. The van der Waals surface area contributed by atoms with E-state index in [1.807, 2.05) is 30.7 Å². The van der Waals surface area contributed by atoms with E-state index in [2.05, 4.69) is 39.1 Å². The number of carbonyl (C=O) groups excluding carboxylic acids is 4. The number of hydrogen-bond acceptors (Lipinski definition) is 13. The molecule has 3 aliphatic rings. The highest BCUT2D eigenvalue weighted by atomic mass is 16.5. The van der Waals surface area contributed by atoms with E-state index in [-0.39, 0.29) is 30.6 Å². The summed E-state index contributed by atoms with van der Waals surface area (Å²) in [7, 11) is 1.65. The van der Waals surface area contributed by atoms with Gasteiger partial charge in [-0.1, -0.05) is 11.2 Å². The van der Waals surface area contributed by atoms with Crippen LogP contribution in [0.25, 0.3) is 33.1 Å². The summed E-state index contributed by atoms with van der Waals surface area (Å²) in [5.74, 6) is 1.68. The standard InChI is InChI=1S/C42H44N10O7/c1-5-51-33(19-28(49-51)23-11-12-23)47-39-37-25-18-31(57-4)26(35-21(2)50-59-22(35)3)17-29(25)44-38(37)45-32(46-39)20-58-16-7-6-15-43-27-10-8-9-24-36(27)42(56)52(41(24)55)30-13-14-34(53)48-40(30)54/h8-10,17-19,23,30,43H,5-7,11-16,20H2,1-4H3,(H,48,53,54)(H2,44,45,46,47). The molecule has 59 heavy (non-hydrogen) atoms. The molecule has 4 amide bonds. The number of imide groups is 2. The van der Waals surface area contributed by atoms with Crippen LogP contribution in [0.15, 0.2) is 40.9 Å². The lowest BCUT2D eigenvalue weighted by atomic mass is 10.0. The minimum atomic E-state index is -1.02. The van der Waals surface area contributed by atoms with Crippen molar-refractivity contribution in [1.29, 1.82) is 0 Å². The highest BCUT2D eigenvalue weighted by molar-refractivity contribution is 6.25. The zero-order valence-electron chi connectivity index (χ0n) is 33.2. The molecule has 4 N–H and O–H groups in total. The van der Waals surface area contributed by atoms with Crippen LogP contribution in [0.1, 0.15) is 95.1 Å². The lowest BCUT2D eigenvalue weighted by Crippen LogP contribution is -2.54. The second-order valence-corrected chi connectivity index (χ2v) is 15.2. The Morgan fingerprint density at radius 3 is 2.58 bits per heavy atom. The van der Waals surface area contributed by atoms with Crippen molar-refractivity contribution in [2.45, 2.75) is 84.4 Å². The third-order valence-corrected chi connectivity index (χ3v) is 11.2. The van der Waals surface area contributed by atoms with Gasteiger partial charge >= 0.3 is 0 Å². The molecular formula is C42H44N10O7. The van der Waals surface area contributed by atoms with Gasteiger partial charge in [-0.15, -0.1) is 0 Å². The first-order chi connectivity index (χ1) is 28.6. The van der Waals surface area contributed by atoms with Crippen molar-refractivity contribution in [3.63, 3.8) is 0 Å². The molecule has 2 aliphatic heterocycles. The molecule has 17 nitrogen and oxygen atoms in total. The molecule has 0 spiro atoms. The molecule has 0 bridgehead atoms. The van der Waals surface area contributed by atoms with Gasteiger partial charge in [-0.2, -0.15) is 5.10 Å².